The lowest BCUT2D eigenvalue weighted by Crippen LogP contribution is -2.88. The highest BCUT2D eigenvalue weighted by molar-refractivity contribution is 5.94. The van der Waals surface area contributed by atoms with E-state index in [-0.39, 0.29) is 11.8 Å². The Bertz CT molecular complexity index is 704. The van der Waals surface area contributed by atoms with Crippen LogP contribution in [0.4, 0.5) is 5.69 Å². The van der Waals surface area contributed by atoms with Crippen LogP contribution in [0.5, 0.6) is 5.75 Å². The third-order valence-corrected chi connectivity index (χ3v) is 3.70. The number of hydrogen-bond acceptors (Lipinski definition) is 3. The molecule has 1 atom stereocenters. The van der Waals surface area contributed by atoms with Crippen LogP contribution in [0.3, 0.4) is 0 Å². The molecule has 0 radical (unpaired) electrons. The fraction of sp³-hybridized carbons (Fsp3) is 0.263. The van der Waals surface area contributed by atoms with Crippen LogP contribution in [0.15, 0.2) is 54.6 Å². The van der Waals surface area contributed by atoms with Crippen LogP contribution in [0, 0.1) is 0 Å². The van der Waals surface area contributed by atoms with Gasteiger partial charge in [-0.25, -0.2) is 0 Å². The summed E-state index contributed by atoms with van der Waals surface area (Å²) in [5, 5.41) is 7.58. The van der Waals surface area contributed by atoms with E-state index in [1.54, 1.807) is 13.2 Å². The molecule has 6 nitrogen and oxygen atoms in total. The van der Waals surface area contributed by atoms with Crippen LogP contribution in [-0.2, 0) is 9.59 Å². The first-order valence-corrected chi connectivity index (χ1v) is 8.18. The molecule has 2 aromatic carbocycles. The van der Waals surface area contributed by atoms with Crippen molar-refractivity contribution in [2.24, 2.45) is 0 Å². The maximum atomic E-state index is 12.8. The van der Waals surface area contributed by atoms with Crippen molar-refractivity contribution in [3.05, 3.63) is 60.2 Å². The Morgan fingerprint density at radius 3 is 2.56 bits per heavy atom. The number of ether oxygens (including phenoxy) is 1. The van der Waals surface area contributed by atoms with E-state index >= 15 is 0 Å². The zero-order chi connectivity index (χ0) is 18.1. The van der Waals surface area contributed by atoms with E-state index in [1.807, 2.05) is 53.8 Å². The van der Waals surface area contributed by atoms with Gasteiger partial charge in [-0.2, -0.15) is 0 Å². The van der Waals surface area contributed by atoms with Gasteiger partial charge in [-0.1, -0.05) is 36.4 Å². The molecule has 4 N–H and O–H groups in total. The predicted octanol–water partition coefficient (Wildman–Crippen LogP) is 1.07. The number of methoxy groups -OCH3 is 1. The van der Waals surface area contributed by atoms with Gasteiger partial charge in [-0.3, -0.25) is 9.59 Å². The van der Waals surface area contributed by atoms with Crippen molar-refractivity contribution < 1.29 is 19.6 Å². The zero-order valence-electron chi connectivity index (χ0n) is 14.5. The lowest BCUT2D eigenvalue weighted by atomic mass is 10.1. The van der Waals surface area contributed by atoms with Crippen LogP contribution < -0.4 is 20.7 Å². The van der Waals surface area contributed by atoms with Gasteiger partial charge in [-0.05, 0) is 12.1 Å². The number of nitrogens with one attached hydrogen (secondary N) is 2. The van der Waals surface area contributed by atoms with Gasteiger partial charge in [0.25, 0.3) is 5.91 Å². The number of nitrogens with two attached hydrogens (primary N) is 1. The molecule has 25 heavy (non-hydrogen) atoms. The second-order valence-electron chi connectivity index (χ2n) is 5.62. The van der Waals surface area contributed by atoms with Gasteiger partial charge >= 0.3 is 0 Å². The highest BCUT2D eigenvalue weighted by atomic mass is 16.5. The summed E-state index contributed by atoms with van der Waals surface area (Å²) in [6.45, 7) is 2.58. The second-order valence-corrected chi connectivity index (χ2v) is 5.62. The maximum absolute atomic E-state index is 12.8. The molecule has 0 aromatic heterocycles. The molecule has 0 saturated carbocycles. The molecule has 132 valence electrons. The summed E-state index contributed by atoms with van der Waals surface area (Å²) in [7, 11) is 1.59. The summed E-state index contributed by atoms with van der Waals surface area (Å²) in [4.78, 5) is 23.7. The Balaban J connectivity index is 2.07. The van der Waals surface area contributed by atoms with E-state index in [1.165, 1.54) is 6.92 Å². The number of quaternary nitrogens is 1. The molecule has 6 heteroatoms. The molecule has 0 aliphatic carbocycles. The first-order valence-electron chi connectivity index (χ1n) is 8.18. The lowest BCUT2D eigenvalue weighted by molar-refractivity contribution is -0.680. The zero-order valence-corrected chi connectivity index (χ0v) is 14.5. The van der Waals surface area contributed by atoms with Crippen LogP contribution in [-0.4, -0.2) is 32.0 Å². The first kappa shape index (κ1) is 18.5. The number of hydrogen-bond donors (Lipinski definition) is 3. The van der Waals surface area contributed by atoms with Crippen molar-refractivity contribution in [1.82, 2.24) is 5.32 Å². The van der Waals surface area contributed by atoms with Crippen LogP contribution >= 0.6 is 0 Å². The third-order valence-electron chi connectivity index (χ3n) is 3.70. The Kier molecular flexibility index (Phi) is 6.98. The summed E-state index contributed by atoms with van der Waals surface area (Å²) in [5.74, 6) is 0.483. The summed E-state index contributed by atoms with van der Waals surface area (Å²) in [6.07, 6.45) is 0. The topological polar surface area (TPSA) is 84.0 Å². The van der Waals surface area contributed by atoms with E-state index in [0.29, 0.717) is 24.5 Å². The Labute approximate surface area is 147 Å². The maximum Gasteiger partial charge on any atom is 0.287 e. The fourth-order valence-electron chi connectivity index (χ4n) is 2.47. The standard InChI is InChI=1S/C19H23N3O3/c1-14(23)20-11-12-21-18(15-7-4-3-5-8-15)19(24)22-16-9-6-10-17(13-16)25-2/h3-10,13,18,21H,11-12H2,1-2H3,(H,20,23)(H,22,24)/p+1/t18-/m0/s1. The number of rotatable bonds is 8. The van der Waals surface area contributed by atoms with Crippen molar-refractivity contribution in [2.75, 3.05) is 25.5 Å². The summed E-state index contributed by atoms with van der Waals surface area (Å²) < 4.78 is 5.18. The molecular formula is C19H24N3O3+. The Hall–Kier alpha value is -2.86. The predicted molar refractivity (Wildman–Crippen MR) is 96.3 cm³/mol. The number of amides is 2. The number of benzene rings is 2. The molecule has 0 saturated heterocycles. The van der Waals surface area contributed by atoms with Gasteiger partial charge in [0.1, 0.15) is 5.75 Å². The minimum Gasteiger partial charge on any atom is -0.497 e. The summed E-state index contributed by atoms with van der Waals surface area (Å²) >= 11 is 0. The lowest BCUT2D eigenvalue weighted by Gasteiger charge is -2.16. The quantitative estimate of drug-likeness (QED) is 0.628. The smallest absolute Gasteiger partial charge is 0.287 e. The molecule has 2 amide bonds. The van der Waals surface area contributed by atoms with Gasteiger partial charge in [0.05, 0.1) is 20.2 Å². The van der Waals surface area contributed by atoms with E-state index < -0.39 is 6.04 Å². The van der Waals surface area contributed by atoms with Gasteiger partial charge in [0, 0.05) is 24.2 Å². The summed E-state index contributed by atoms with van der Waals surface area (Å²) in [5.41, 5.74) is 1.59. The normalized spacial score (nSPS) is 11.4. The number of carbonyl (C=O) groups is 2. The molecule has 2 rings (SSSR count). The van der Waals surface area contributed by atoms with E-state index in [4.69, 9.17) is 4.74 Å². The monoisotopic (exact) mass is 342 g/mol. The molecule has 0 aliphatic heterocycles. The molecule has 0 bridgehead atoms. The SMILES string of the molecule is COc1cccc(NC(=O)[C@@H]([NH2+]CCNC(C)=O)c2ccccc2)c1. The fourth-order valence-corrected chi connectivity index (χ4v) is 2.47. The van der Waals surface area contributed by atoms with Crippen molar-refractivity contribution in [3.8, 4) is 5.75 Å². The average Bonchev–Trinajstić information content (AvgIpc) is 2.62. The highest BCUT2D eigenvalue weighted by Gasteiger charge is 2.23. The van der Waals surface area contributed by atoms with E-state index in [2.05, 4.69) is 10.6 Å². The van der Waals surface area contributed by atoms with Crippen LogP contribution in [0.1, 0.15) is 18.5 Å². The molecule has 0 unspecified atom stereocenters. The molecule has 0 heterocycles. The minimum absolute atomic E-state index is 0.0782. The number of carbonyl (C=O) groups excluding carboxylic acids is 2. The van der Waals surface area contributed by atoms with Crippen LogP contribution in [0.2, 0.25) is 0 Å². The third kappa shape index (κ3) is 5.93. The van der Waals surface area contributed by atoms with Crippen molar-refractivity contribution in [3.63, 3.8) is 0 Å². The molecule has 2 aromatic rings. The molecule has 0 fully saturated rings. The van der Waals surface area contributed by atoms with Gasteiger partial charge in [0.2, 0.25) is 5.91 Å². The Morgan fingerprint density at radius 1 is 1.12 bits per heavy atom. The van der Waals surface area contributed by atoms with Gasteiger partial charge in [-0.15, -0.1) is 0 Å². The molecule has 0 spiro atoms. The summed E-state index contributed by atoms with van der Waals surface area (Å²) in [6, 6.07) is 16.4. The van der Waals surface area contributed by atoms with Crippen molar-refractivity contribution in [2.45, 2.75) is 13.0 Å². The second kappa shape index (κ2) is 9.44. The largest absolute Gasteiger partial charge is 0.497 e. The van der Waals surface area contributed by atoms with Crippen molar-refractivity contribution >= 4 is 17.5 Å². The molecule has 0 aliphatic rings. The Morgan fingerprint density at radius 2 is 1.88 bits per heavy atom. The molecular weight excluding hydrogens is 318 g/mol. The minimum atomic E-state index is -0.402. The number of anilines is 1. The average molecular weight is 342 g/mol. The van der Waals surface area contributed by atoms with E-state index in [9.17, 15) is 9.59 Å². The highest BCUT2D eigenvalue weighted by Crippen LogP contribution is 2.18. The van der Waals surface area contributed by atoms with Crippen molar-refractivity contribution in [1.29, 1.82) is 0 Å². The van der Waals surface area contributed by atoms with Gasteiger partial charge < -0.3 is 20.7 Å². The van der Waals surface area contributed by atoms with E-state index in [0.717, 1.165) is 5.56 Å². The first-order chi connectivity index (χ1) is 12.1. The van der Waals surface area contributed by atoms with Crippen LogP contribution in [0.25, 0.3) is 0 Å². The van der Waals surface area contributed by atoms with Gasteiger partial charge in [0.15, 0.2) is 6.04 Å².